The van der Waals surface area contributed by atoms with Gasteiger partial charge in [0.2, 0.25) is 0 Å². The molecule has 3 heterocycles. The number of carbonyl (C=O) groups excluding carboxylic acids is 1. The van der Waals surface area contributed by atoms with E-state index in [1.165, 1.54) is 12.1 Å². The number of aliphatic hydroxyl groups is 1. The van der Waals surface area contributed by atoms with Crippen LogP contribution >= 0.6 is 0 Å². The van der Waals surface area contributed by atoms with E-state index in [9.17, 15) is 14.3 Å². The number of hydrogen-bond donors (Lipinski definition) is 1. The molecule has 1 N–H and O–H groups in total. The Morgan fingerprint density at radius 3 is 2.76 bits per heavy atom. The number of likely N-dealkylation sites (tertiary alicyclic amines) is 1. The third-order valence-electron chi connectivity index (χ3n) is 4.57. The summed E-state index contributed by atoms with van der Waals surface area (Å²) in [5.41, 5.74) is 2.00. The van der Waals surface area contributed by atoms with Crippen molar-refractivity contribution in [2.45, 2.75) is 18.6 Å². The van der Waals surface area contributed by atoms with Gasteiger partial charge in [0.15, 0.2) is 0 Å². The number of amides is 1. The van der Waals surface area contributed by atoms with Crippen LogP contribution in [-0.4, -0.2) is 38.5 Å². The average Bonchev–Trinajstić information content (AvgIpc) is 3.03. The van der Waals surface area contributed by atoms with Crippen LogP contribution in [0.2, 0.25) is 0 Å². The fourth-order valence-corrected chi connectivity index (χ4v) is 3.37. The molecule has 1 aliphatic rings. The van der Waals surface area contributed by atoms with E-state index in [2.05, 4.69) is 9.97 Å². The van der Waals surface area contributed by atoms with Gasteiger partial charge in [0.05, 0.1) is 23.2 Å². The number of benzene rings is 1. The molecule has 6 heteroatoms. The van der Waals surface area contributed by atoms with Gasteiger partial charge in [-0.05, 0) is 36.2 Å². The monoisotopic (exact) mass is 337 g/mol. The predicted molar refractivity (Wildman–Crippen MR) is 90.3 cm³/mol. The molecule has 0 spiro atoms. The van der Waals surface area contributed by atoms with Crippen molar-refractivity contribution in [1.82, 2.24) is 14.9 Å². The molecule has 1 aromatic carbocycles. The summed E-state index contributed by atoms with van der Waals surface area (Å²) < 4.78 is 13.2. The summed E-state index contributed by atoms with van der Waals surface area (Å²) in [6.07, 6.45) is 4.66. The van der Waals surface area contributed by atoms with Crippen LogP contribution in [0.3, 0.4) is 0 Å². The first-order valence-corrected chi connectivity index (χ1v) is 8.07. The van der Waals surface area contributed by atoms with E-state index < -0.39 is 6.10 Å². The van der Waals surface area contributed by atoms with Crippen LogP contribution < -0.4 is 0 Å². The lowest BCUT2D eigenvalue weighted by atomic mass is 10.0. The van der Waals surface area contributed by atoms with E-state index in [-0.39, 0.29) is 24.3 Å². The van der Waals surface area contributed by atoms with Gasteiger partial charge < -0.3 is 10.0 Å². The Morgan fingerprint density at radius 2 is 1.96 bits per heavy atom. The van der Waals surface area contributed by atoms with Gasteiger partial charge in [-0.15, -0.1) is 0 Å². The largest absolute Gasteiger partial charge is 0.391 e. The molecule has 2 atom stereocenters. The zero-order valence-corrected chi connectivity index (χ0v) is 13.3. The molecule has 0 saturated carbocycles. The SMILES string of the molecule is O=C(c1ccnc2ccncc12)N1C[C@H](O)C[C@@H]1c1ccc(F)cc1. The molecular formula is C19H16FN3O2. The first-order valence-electron chi connectivity index (χ1n) is 8.07. The second kappa shape index (κ2) is 6.22. The number of rotatable bonds is 2. The van der Waals surface area contributed by atoms with Crippen molar-refractivity contribution >= 4 is 16.8 Å². The van der Waals surface area contributed by atoms with Crippen LogP contribution in [0.25, 0.3) is 10.9 Å². The topological polar surface area (TPSA) is 66.3 Å². The molecule has 4 rings (SSSR count). The van der Waals surface area contributed by atoms with E-state index in [1.54, 1.807) is 47.8 Å². The van der Waals surface area contributed by atoms with Crippen molar-refractivity contribution in [2.75, 3.05) is 6.54 Å². The van der Waals surface area contributed by atoms with Gasteiger partial charge in [-0.2, -0.15) is 0 Å². The number of pyridine rings is 2. The second-order valence-corrected chi connectivity index (χ2v) is 6.17. The molecular weight excluding hydrogens is 321 g/mol. The van der Waals surface area contributed by atoms with Gasteiger partial charge in [-0.3, -0.25) is 14.8 Å². The van der Waals surface area contributed by atoms with Crippen LogP contribution in [0.1, 0.15) is 28.4 Å². The fourth-order valence-electron chi connectivity index (χ4n) is 3.37. The first-order chi connectivity index (χ1) is 12.1. The summed E-state index contributed by atoms with van der Waals surface area (Å²) in [4.78, 5) is 23.1. The molecule has 0 unspecified atom stereocenters. The highest BCUT2D eigenvalue weighted by Gasteiger charge is 2.36. The number of carbonyl (C=O) groups is 1. The molecule has 25 heavy (non-hydrogen) atoms. The fraction of sp³-hybridized carbons (Fsp3) is 0.211. The lowest BCUT2D eigenvalue weighted by Crippen LogP contribution is -2.32. The smallest absolute Gasteiger partial charge is 0.255 e. The molecule has 3 aromatic rings. The van der Waals surface area contributed by atoms with Crippen LogP contribution in [0.15, 0.2) is 55.0 Å². The van der Waals surface area contributed by atoms with Gasteiger partial charge in [0.1, 0.15) is 5.82 Å². The molecule has 1 saturated heterocycles. The quantitative estimate of drug-likeness (QED) is 0.781. The van der Waals surface area contributed by atoms with Gasteiger partial charge in [0.25, 0.3) is 5.91 Å². The molecule has 5 nitrogen and oxygen atoms in total. The average molecular weight is 337 g/mol. The molecule has 1 amide bonds. The van der Waals surface area contributed by atoms with Crippen molar-refractivity contribution in [1.29, 1.82) is 0 Å². The summed E-state index contributed by atoms with van der Waals surface area (Å²) in [5.74, 6) is -0.516. The highest BCUT2D eigenvalue weighted by atomic mass is 19.1. The Labute approximate surface area is 143 Å². The summed E-state index contributed by atoms with van der Waals surface area (Å²) >= 11 is 0. The maximum Gasteiger partial charge on any atom is 0.255 e. The minimum Gasteiger partial charge on any atom is -0.391 e. The number of β-amino-alcohol motifs (C(OH)–C–C–N with tert-alkyl or cyclic N) is 1. The third kappa shape index (κ3) is 2.85. The van der Waals surface area contributed by atoms with Crippen LogP contribution in [0, 0.1) is 5.82 Å². The predicted octanol–water partition coefficient (Wildman–Crippen LogP) is 2.72. The van der Waals surface area contributed by atoms with E-state index in [0.717, 1.165) is 5.56 Å². The van der Waals surface area contributed by atoms with Crippen molar-refractivity contribution in [2.24, 2.45) is 0 Å². The van der Waals surface area contributed by atoms with E-state index >= 15 is 0 Å². The minimum atomic E-state index is -0.606. The Bertz CT molecular complexity index is 924. The number of hydrogen-bond acceptors (Lipinski definition) is 4. The Hall–Kier alpha value is -2.86. The molecule has 0 bridgehead atoms. The maximum absolute atomic E-state index is 13.2. The van der Waals surface area contributed by atoms with E-state index in [0.29, 0.717) is 22.9 Å². The molecule has 1 fully saturated rings. The maximum atomic E-state index is 13.2. The summed E-state index contributed by atoms with van der Waals surface area (Å²) in [5, 5.41) is 10.8. The number of halogens is 1. The molecule has 0 radical (unpaired) electrons. The minimum absolute atomic E-state index is 0.189. The van der Waals surface area contributed by atoms with Crippen molar-refractivity contribution < 1.29 is 14.3 Å². The van der Waals surface area contributed by atoms with Crippen molar-refractivity contribution in [3.8, 4) is 0 Å². The van der Waals surface area contributed by atoms with Crippen molar-refractivity contribution in [3.63, 3.8) is 0 Å². The summed E-state index contributed by atoms with van der Waals surface area (Å²) in [6, 6.07) is 9.18. The molecule has 126 valence electrons. The standard InChI is InChI=1S/C19H16FN3O2/c20-13-3-1-12(2-4-13)18-9-14(24)11-23(18)19(25)15-5-8-22-17-6-7-21-10-16(15)17/h1-8,10,14,18,24H,9,11H2/t14-,18-/m1/s1. The van der Waals surface area contributed by atoms with Crippen LogP contribution in [-0.2, 0) is 0 Å². The Kier molecular flexibility index (Phi) is 3.89. The molecule has 2 aromatic heterocycles. The number of aromatic nitrogens is 2. The first kappa shape index (κ1) is 15.7. The normalized spacial score (nSPS) is 20.2. The van der Waals surface area contributed by atoms with E-state index in [4.69, 9.17) is 0 Å². The van der Waals surface area contributed by atoms with Gasteiger partial charge in [0, 0.05) is 30.5 Å². The highest BCUT2D eigenvalue weighted by Crippen LogP contribution is 2.34. The summed E-state index contributed by atoms with van der Waals surface area (Å²) in [6.45, 7) is 0.241. The molecule has 1 aliphatic heterocycles. The lowest BCUT2D eigenvalue weighted by Gasteiger charge is -2.25. The van der Waals surface area contributed by atoms with E-state index in [1.807, 2.05) is 0 Å². The highest BCUT2D eigenvalue weighted by molar-refractivity contribution is 6.06. The van der Waals surface area contributed by atoms with Gasteiger partial charge in [-0.25, -0.2) is 4.39 Å². The number of fused-ring (bicyclic) bond motifs is 1. The Morgan fingerprint density at radius 1 is 1.16 bits per heavy atom. The van der Waals surface area contributed by atoms with Crippen LogP contribution in [0.4, 0.5) is 4.39 Å². The second-order valence-electron chi connectivity index (χ2n) is 6.17. The zero-order valence-electron chi connectivity index (χ0n) is 13.3. The Balaban J connectivity index is 1.73. The van der Waals surface area contributed by atoms with Crippen molar-refractivity contribution in [3.05, 3.63) is 71.9 Å². The molecule has 0 aliphatic carbocycles. The van der Waals surface area contributed by atoms with Gasteiger partial charge >= 0.3 is 0 Å². The zero-order chi connectivity index (χ0) is 17.4. The van der Waals surface area contributed by atoms with Crippen LogP contribution in [0.5, 0.6) is 0 Å². The number of nitrogens with zero attached hydrogens (tertiary/aromatic N) is 3. The third-order valence-corrected chi connectivity index (χ3v) is 4.57. The summed E-state index contributed by atoms with van der Waals surface area (Å²) in [7, 11) is 0. The lowest BCUT2D eigenvalue weighted by molar-refractivity contribution is 0.0717. The van der Waals surface area contributed by atoms with Gasteiger partial charge in [-0.1, -0.05) is 12.1 Å². The number of aliphatic hydroxyl groups excluding tert-OH is 1.